The molecule has 3 N–H and O–H groups in total. The smallest absolute Gasteiger partial charge is 0.238 e. The number of anilines is 2. The molecule has 0 unspecified atom stereocenters. The topological polar surface area (TPSA) is 96.5 Å². The lowest BCUT2D eigenvalue weighted by Crippen LogP contribution is -2.30. The Kier molecular flexibility index (Phi) is 6.43. The van der Waals surface area contributed by atoms with E-state index in [1.807, 2.05) is 0 Å². The highest BCUT2D eigenvalue weighted by Gasteiger charge is 2.04. The number of carbonyl (C=O) groups excluding carboxylic acids is 1. The third-order valence-electron chi connectivity index (χ3n) is 2.24. The van der Waals surface area contributed by atoms with Crippen LogP contribution in [-0.2, 0) is 19.6 Å². The molecular formula is C12H19N3O4S. The van der Waals surface area contributed by atoms with Gasteiger partial charge in [0.1, 0.15) is 0 Å². The van der Waals surface area contributed by atoms with Crippen LogP contribution in [0.3, 0.4) is 0 Å². The first-order chi connectivity index (χ1) is 9.40. The monoisotopic (exact) mass is 301 g/mol. The number of hydrogen-bond donors (Lipinski definition) is 3. The average Bonchev–Trinajstić information content (AvgIpc) is 2.35. The van der Waals surface area contributed by atoms with Crippen molar-refractivity contribution in [3.8, 4) is 0 Å². The van der Waals surface area contributed by atoms with Crippen LogP contribution in [0.25, 0.3) is 0 Å². The van der Waals surface area contributed by atoms with Crippen molar-refractivity contribution in [3.63, 3.8) is 0 Å². The molecule has 112 valence electrons. The molecular weight excluding hydrogens is 282 g/mol. The molecule has 1 aromatic rings. The van der Waals surface area contributed by atoms with Crippen LogP contribution in [0.4, 0.5) is 11.4 Å². The number of rotatable bonds is 8. The van der Waals surface area contributed by atoms with Gasteiger partial charge in [0.05, 0.1) is 19.4 Å². The molecule has 0 aliphatic heterocycles. The second kappa shape index (κ2) is 7.83. The van der Waals surface area contributed by atoms with Gasteiger partial charge < -0.3 is 15.4 Å². The van der Waals surface area contributed by atoms with Crippen molar-refractivity contribution in [2.24, 2.45) is 0 Å². The Labute approximate surface area is 118 Å². The van der Waals surface area contributed by atoms with Crippen LogP contribution in [-0.4, -0.2) is 47.4 Å². The largest absolute Gasteiger partial charge is 0.383 e. The number of benzene rings is 1. The number of carbonyl (C=O) groups is 1. The van der Waals surface area contributed by atoms with Gasteiger partial charge in [-0.15, -0.1) is 0 Å². The zero-order valence-corrected chi connectivity index (χ0v) is 12.3. The third kappa shape index (κ3) is 7.07. The summed E-state index contributed by atoms with van der Waals surface area (Å²) < 4.78 is 29.3. The van der Waals surface area contributed by atoms with Gasteiger partial charge in [0.25, 0.3) is 0 Å². The molecule has 0 spiro atoms. The maximum atomic E-state index is 11.6. The second-order valence-electron chi connectivity index (χ2n) is 4.17. The van der Waals surface area contributed by atoms with Gasteiger partial charge in [0.15, 0.2) is 0 Å². The van der Waals surface area contributed by atoms with Crippen LogP contribution in [0.1, 0.15) is 0 Å². The maximum Gasteiger partial charge on any atom is 0.238 e. The van der Waals surface area contributed by atoms with E-state index >= 15 is 0 Å². The molecule has 7 nitrogen and oxygen atoms in total. The van der Waals surface area contributed by atoms with Crippen LogP contribution in [0.15, 0.2) is 24.3 Å². The summed E-state index contributed by atoms with van der Waals surface area (Å²) in [6, 6.07) is 6.41. The van der Waals surface area contributed by atoms with Crippen molar-refractivity contribution >= 4 is 27.3 Å². The van der Waals surface area contributed by atoms with Crippen LogP contribution < -0.4 is 15.4 Å². The summed E-state index contributed by atoms with van der Waals surface area (Å²) in [5, 5.41) is 5.61. The molecule has 1 aromatic carbocycles. The molecule has 0 aromatic heterocycles. The van der Waals surface area contributed by atoms with E-state index in [2.05, 4.69) is 15.4 Å². The van der Waals surface area contributed by atoms with Crippen molar-refractivity contribution in [2.45, 2.75) is 0 Å². The van der Waals surface area contributed by atoms with Crippen molar-refractivity contribution in [1.29, 1.82) is 0 Å². The van der Waals surface area contributed by atoms with Crippen LogP contribution in [0.5, 0.6) is 0 Å². The zero-order chi connectivity index (χ0) is 15.0. The minimum Gasteiger partial charge on any atom is -0.383 e. The van der Waals surface area contributed by atoms with Gasteiger partial charge in [0, 0.05) is 25.0 Å². The SMILES string of the molecule is COCCNCC(=O)Nc1ccc(NS(C)(=O)=O)cc1. The second-order valence-corrected chi connectivity index (χ2v) is 5.92. The van der Waals surface area contributed by atoms with E-state index in [0.29, 0.717) is 24.5 Å². The van der Waals surface area contributed by atoms with E-state index in [9.17, 15) is 13.2 Å². The summed E-state index contributed by atoms with van der Waals surface area (Å²) in [6.45, 7) is 1.33. The fourth-order valence-corrected chi connectivity index (χ4v) is 1.98. The number of methoxy groups -OCH3 is 1. The average molecular weight is 301 g/mol. The molecule has 0 bridgehead atoms. The lowest BCUT2D eigenvalue weighted by Gasteiger charge is -2.08. The molecule has 0 atom stereocenters. The molecule has 0 saturated carbocycles. The first-order valence-corrected chi connectivity index (χ1v) is 7.87. The predicted molar refractivity (Wildman–Crippen MR) is 78.3 cm³/mol. The molecule has 0 aliphatic rings. The third-order valence-corrected chi connectivity index (χ3v) is 2.85. The molecule has 1 rings (SSSR count). The van der Waals surface area contributed by atoms with E-state index in [1.54, 1.807) is 31.4 Å². The van der Waals surface area contributed by atoms with Gasteiger partial charge in [0.2, 0.25) is 15.9 Å². The van der Waals surface area contributed by atoms with Gasteiger partial charge in [-0.25, -0.2) is 8.42 Å². The Morgan fingerprint density at radius 2 is 1.80 bits per heavy atom. The highest BCUT2D eigenvalue weighted by Crippen LogP contribution is 2.14. The van der Waals surface area contributed by atoms with E-state index in [4.69, 9.17) is 4.74 Å². The van der Waals surface area contributed by atoms with Crippen LogP contribution in [0.2, 0.25) is 0 Å². The highest BCUT2D eigenvalue weighted by molar-refractivity contribution is 7.92. The zero-order valence-electron chi connectivity index (χ0n) is 11.5. The fraction of sp³-hybridized carbons (Fsp3) is 0.417. The molecule has 1 amide bonds. The molecule has 8 heteroatoms. The number of amides is 1. The standard InChI is InChI=1S/C12H19N3O4S/c1-19-8-7-13-9-12(16)14-10-3-5-11(6-4-10)15-20(2,17)18/h3-6,13,15H,7-9H2,1-2H3,(H,14,16). The number of hydrogen-bond acceptors (Lipinski definition) is 5. The maximum absolute atomic E-state index is 11.6. The Bertz CT molecular complexity index is 528. The Balaban J connectivity index is 2.43. The van der Waals surface area contributed by atoms with Gasteiger partial charge >= 0.3 is 0 Å². The van der Waals surface area contributed by atoms with E-state index < -0.39 is 10.0 Å². The first-order valence-electron chi connectivity index (χ1n) is 5.98. The number of nitrogens with one attached hydrogen (secondary N) is 3. The van der Waals surface area contributed by atoms with Gasteiger partial charge in [-0.3, -0.25) is 9.52 Å². The summed E-state index contributed by atoms with van der Waals surface area (Å²) in [7, 11) is -1.70. The normalized spacial score (nSPS) is 11.1. The van der Waals surface area contributed by atoms with E-state index in [0.717, 1.165) is 6.26 Å². The van der Waals surface area contributed by atoms with E-state index in [1.165, 1.54) is 0 Å². The van der Waals surface area contributed by atoms with E-state index in [-0.39, 0.29) is 12.5 Å². The highest BCUT2D eigenvalue weighted by atomic mass is 32.2. The van der Waals surface area contributed by atoms with Crippen molar-refractivity contribution in [2.75, 3.05) is 43.1 Å². The molecule has 0 radical (unpaired) electrons. The summed E-state index contributed by atoms with van der Waals surface area (Å²) in [4.78, 5) is 11.6. The Morgan fingerprint density at radius 3 is 2.35 bits per heavy atom. The minimum atomic E-state index is -3.29. The fourth-order valence-electron chi connectivity index (χ4n) is 1.42. The first kappa shape index (κ1) is 16.4. The van der Waals surface area contributed by atoms with Gasteiger partial charge in [-0.05, 0) is 24.3 Å². The molecule has 0 heterocycles. The minimum absolute atomic E-state index is 0.176. The quantitative estimate of drug-likeness (QED) is 0.597. The van der Waals surface area contributed by atoms with Crippen LogP contribution >= 0.6 is 0 Å². The van der Waals surface area contributed by atoms with Gasteiger partial charge in [-0.2, -0.15) is 0 Å². The lowest BCUT2D eigenvalue weighted by molar-refractivity contribution is -0.115. The van der Waals surface area contributed by atoms with Gasteiger partial charge in [-0.1, -0.05) is 0 Å². The lowest BCUT2D eigenvalue weighted by atomic mass is 10.3. The van der Waals surface area contributed by atoms with Crippen molar-refractivity contribution < 1.29 is 17.9 Å². The van der Waals surface area contributed by atoms with Crippen LogP contribution in [0, 0.1) is 0 Å². The molecule has 0 fully saturated rings. The predicted octanol–water partition coefficient (Wildman–Crippen LogP) is 0.233. The number of ether oxygens (including phenoxy) is 1. The number of sulfonamides is 1. The molecule has 20 heavy (non-hydrogen) atoms. The Morgan fingerprint density at radius 1 is 1.20 bits per heavy atom. The molecule has 0 aliphatic carbocycles. The summed E-state index contributed by atoms with van der Waals surface area (Å²) in [5.74, 6) is -0.176. The van der Waals surface area contributed by atoms with Crippen molar-refractivity contribution in [1.82, 2.24) is 5.32 Å². The summed E-state index contributed by atoms with van der Waals surface area (Å²) in [5.41, 5.74) is 1.05. The Hall–Kier alpha value is -1.64. The molecule has 0 saturated heterocycles. The summed E-state index contributed by atoms with van der Waals surface area (Å²) >= 11 is 0. The summed E-state index contributed by atoms with van der Waals surface area (Å²) in [6.07, 6.45) is 1.08. The van der Waals surface area contributed by atoms with Crippen molar-refractivity contribution in [3.05, 3.63) is 24.3 Å².